The number of hydrogen-bond acceptors (Lipinski definition) is 6. The van der Waals surface area contributed by atoms with E-state index in [2.05, 4.69) is 15.9 Å². The molecule has 2 aromatic carbocycles. The number of benzene rings is 2. The number of carbonyl (C=O) groups excluding carboxylic acids is 4. The molecule has 0 saturated carbocycles. The van der Waals surface area contributed by atoms with Crippen LogP contribution in [-0.2, 0) is 25.7 Å². The fourth-order valence-electron chi connectivity index (χ4n) is 6.48. The number of methoxy groups -OCH3 is 1. The molecule has 40 heavy (non-hydrogen) atoms. The van der Waals surface area contributed by atoms with Crippen LogP contribution in [0.1, 0.15) is 24.0 Å². The third-order valence-corrected chi connectivity index (χ3v) is 8.93. The molecule has 2 amide bonds. The van der Waals surface area contributed by atoms with Crippen molar-refractivity contribution in [1.29, 1.82) is 0 Å². The number of imide groups is 1. The van der Waals surface area contributed by atoms with Gasteiger partial charge in [0.05, 0.1) is 30.0 Å². The minimum atomic E-state index is -0.595. The van der Waals surface area contributed by atoms with E-state index < -0.39 is 17.8 Å². The predicted octanol–water partition coefficient (Wildman–Crippen LogP) is 4.91. The van der Waals surface area contributed by atoms with Crippen molar-refractivity contribution in [2.75, 3.05) is 7.11 Å². The van der Waals surface area contributed by atoms with Crippen LogP contribution < -0.4 is 4.74 Å². The normalized spacial score (nSPS) is 26.0. The second kappa shape index (κ2) is 10.2. The zero-order valence-electron chi connectivity index (χ0n) is 21.7. The van der Waals surface area contributed by atoms with Gasteiger partial charge >= 0.3 is 0 Å². The number of ketones is 2. The quantitative estimate of drug-likeness (QED) is 0.298. The summed E-state index contributed by atoms with van der Waals surface area (Å²) >= 11 is 3.24. The number of halogens is 1. The Kier molecular flexibility index (Phi) is 6.66. The maximum atomic E-state index is 13.8. The Balaban J connectivity index is 1.39. The topological polar surface area (TPSA) is 101 Å². The molecule has 0 bridgehead atoms. The summed E-state index contributed by atoms with van der Waals surface area (Å²) in [4.78, 5) is 55.1. The van der Waals surface area contributed by atoms with Crippen LogP contribution in [0.3, 0.4) is 0 Å². The minimum absolute atomic E-state index is 0.0101. The number of likely N-dealkylation sites (tertiary alicyclic amines) is 1. The molecule has 4 aliphatic rings. The van der Waals surface area contributed by atoms with Crippen molar-refractivity contribution in [2.24, 2.45) is 23.7 Å². The van der Waals surface area contributed by atoms with E-state index in [1.807, 2.05) is 48.6 Å². The van der Waals surface area contributed by atoms with Crippen molar-refractivity contribution in [3.05, 3.63) is 99.1 Å². The number of amides is 2. The summed E-state index contributed by atoms with van der Waals surface area (Å²) in [7, 11) is 1.46. The van der Waals surface area contributed by atoms with Crippen LogP contribution in [0.15, 0.2) is 88.0 Å². The van der Waals surface area contributed by atoms with E-state index in [-0.39, 0.29) is 52.5 Å². The number of nitrogens with zero attached hydrogens (tertiary/aromatic N) is 1. The molecule has 6 rings (SSSR count). The largest absolute Gasteiger partial charge is 0.504 e. The van der Waals surface area contributed by atoms with Gasteiger partial charge in [-0.25, -0.2) is 0 Å². The number of ether oxygens (including phenoxy) is 1. The van der Waals surface area contributed by atoms with Crippen LogP contribution in [0.2, 0.25) is 0 Å². The molecule has 2 aromatic rings. The molecule has 1 saturated heterocycles. The van der Waals surface area contributed by atoms with E-state index in [9.17, 15) is 24.3 Å². The number of hydrogen-bond donors (Lipinski definition) is 1. The average Bonchev–Trinajstić information content (AvgIpc) is 3.20. The fraction of sp³-hybridized carbons (Fsp3) is 0.250. The van der Waals surface area contributed by atoms with E-state index in [0.29, 0.717) is 23.3 Å². The van der Waals surface area contributed by atoms with Gasteiger partial charge in [-0.05, 0) is 57.9 Å². The number of fused-ring (bicyclic) bond motifs is 3. The minimum Gasteiger partial charge on any atom is -0.504 e. The summed E-state index contributed by atoms with van der Waals surface area (Å²) in [6, 6.07) is 14.3. The lowest BCUT2D eigenvalue weighted by Gasteiger charge is -2.41. The first-order chi connectivity index (χ1) is 19.3. The van der Waals surface area contributed by atoms with Crippen LogP contribution in [0.25, 0.3) is 6.08 Å². The third kappa shape index (κ3) is 4.27. The SMILES string of the molecule is COc1cc(C=C[C@H]2C3=CC[C@@H]4C(=O)N(Cc5ccccc5)C(=O)[C@@H]4[C@@H]3CC3=C2C(=O)C=C(Br)C3=O)ccc1O. The molecule has 0 radical (unpaired) electrons. The van der Waals surface area contributed by atoms with Crippen LogP contribution in [0.4, 0.5) is 0 Å². The van der Waals surface area contributed by atoms with E-state index in [0.717, 1.165) is 16.7 Å². The van der Waals surface area contributed by atoms with Gasteiger partial charge in [-0.1, -0.05) is 60.2 Å². The maximum Gasteiger partial charge on any atom is 0.234 e. The molecule has 1 fully saturated rings. The summed E-state index contributed by atoms with van der Waals surface area (Å²) in [6.45, 7) is 0.208. The van der Waals surface area contributed by atoms with Crippen molar-refractivity contribution in [3.8, 4) is 11.5 Å². The molecule has 0 spiro atoms. The number of allylic oxidation sites excluding steroid dienone is 7. The summed E-state index contributed by atoms with van der Waals surface area (Å²) in [5.41, 5.74) is 3.30. The van der Waals surface area contributed by atoms with Crippen molar-refractivity contribution in [2.45, 2.75) is 19.4 Å². The standard InChI is InChI=1S/C32H26BrNO6/c1-40-27-13-17(8-12-25(27)35)7-9-20-19-10-11-21-29(22(19)14-23-28(20)26(36)15-24(33)30(23)37)32(39)34(31(21)38)16-18-5-3-2-4-6-18/h2-10,12-13,15,20-22,29,35H,11,14,16H2,1H3/t20-,21-,22+,29-/m0/s1. The Morgan fingerprint density at radius 1 is 1.05 bits per heavy atom. The number of Topliss-reactive ketones (excluding diaryl/α,β-unsaturated/α-hetero) is 1. The van der Waals surface area contributed by atoms with E-state index in [1.165, 1.54) is 24.2 Å². The Bertz CT molecular complexity index is 1580. The van der Waals surface area contributed by atoms with Crippen LogP contribution >= 0.6 is 15.9 Å². The zero-order valence-corrected chi connectivity index (χ0v) is 23.3. The molecule has 202 valence electrons. The highest BCUT2D eigenvalue weighted by Gasteiger charge is 2.55. The lowest BCUT2D eigenvalue weighted by molar-refractivity contribution is -0.140. The van der Waals surface area contributed by atoms with Gasteiger partial charge < -0.3 is 9.84 Å². The fourth-order valence-corrected chi connectivity index (χ4v) is 6.92. The molecule has 1 heterocycles. The highest BCUT2D eigenvalue weighted by Crippen LogP contribution is 2.53. The van der Waals surface area contributed by atoms with Gasteiger partial charge in [0.1, 0.15) is 0 Å². The second-order valence-electron chi connectivity index (χ2n) is 10.5. The molecular formula is C32H26BrNO6. The van der Waals surface area contributed by atoms with E-state index >= 15 is 0 Å². The van der Waals surface area contributed by atoms with Crippen molar-refractivity contribution in [1.82, 2.24) is 4.90 Å². The lowest BCUT2D eigenvalue weighted by atomic mass is 9.61. The monoisotopic (exact) mass is 599 g/mol. The van der Waals surface area contributed by atoms with Crippen LogP contribution in [0.5, 0.6) is 11.5 Å². The highest BCUT2D eigenvalue weighted by atomic mass is 79.9. The Morgan fingerprint density at radius 3 is 2.58 bits per heavy atom. The number of rotatable bonds is 5. The van der Waals surface area contributed by atoms with Crippen LogP contribution in [0, 0.1) is 23.7 Å². The molecular weight excluding hydrogens is 574 g/mol. The first-order valence-corrected chi connectivity index (χ1v) is 13.9. The van der Waals surface area contributed by atoms with Gasteiger partial charge in [-0.3, -0.25) is 24.1 Å². The van der Waals surface area contributed by atoms with Gasteiger partial charge in [0.2, 0.25) is 11.8 Å². The van der Waals surface area contributed by atoms with Crippen molar-refractivity contribution in [3.63, 3.8) is 0 Å². The highest BCUT2D eigenvalue weighted by molar-refractivity contribution is 9.12. The average molecular weight is 600 g/mol. The van der Waals surface area contributed by atoms with Gasteiger partial charge in [-0.2, -0.15) is 0 Å². The van der Waals surface area contributed by atoms with Crippen LogP contribution in [-0.4, -0.2) is 40.5 Å². The Hall–Kier alpha value is -4.04. The molecule has 3 aliphatic carbocycles. The Labute approximate surface area is 239 Å². The lowest BCUT2D eigenvalue weighted by Crippen LogP contribution is -2.39. The number of aromatic hydroxyl groups is 1. The van der Waals surface area contributed by atoms with Gasteiger partial charge in [0.25, 0.3) is 0 Å². The smallest absolute Gasteiger partial charge is 0.234 e. The molecule has 0 aromatic heterocycles. The molecule has 1 N–H and O–H groups in total. The number of phenolic OH excluding ortho intramolecular Hbond substituents is 1. The number of carbonyl (C=O) groups is 4. The molecule has 8 heteroatoms. The summed E-state index contributed by atoms with van der Waals surface area (Å²) in [5.74, 6) is -2.61. The predicted molar refractivity (Wildman–Crippen MR) is 151 cm³/mol. The molecule has 4 atom stereocenters. The summed E-state index contributed by atoms with van der Waals surface area (Å²) < 4.78 is 5.42. The molecule has 0 unspecified atom stereocenters. The maximum absolute atomic E-state index is 13.8. The molecule has 1 aliphatic heterocycles. The summed E-state index contributed by atoms with van der Waals surface area (Å²) in [5, 5.41) is 9.98. The second-order valence-corrected chi connectivity index (χ2v) is 11.3. The summed E-state index contributed by atoms with van der Waals surface area (Å²) in [6.07, 6.45) is 7.61. The third-order valence-electron chi connectivity index (χ3n) is 8.34. The van der Waals surface area contributed by atoms with Gasteiger partial charge in [-0.15, -0.1) is 0 Å². The van der Waals surface area contributed by atoms with Gasteiger partial charge in [0.15, 0.2) is 23.1 Å². The first-order valence-electron chi connectivity index (χ1n) is 13.1. The van der Waals surface area contributed by atoms with Gasteiger partial charge in [0, 0.05) is 23.1 Å². The molecule has 7 nitrogen and oxygen atoms in total. The van der Waals surface area contributed by atoms with E-state index in [1.54, 1.807) is 12.1 Å². The number of phenols is 1. The van der Waals surface area contributed by atoms with E-state index in [4.69, 9.17) is 4.74 Å². The van der Waals surface area contributed by atoms with Crippen molar-refractivity contribution < 1.29 is 29.0 Å². The van der Waals surface area contributed by atoms with Crippen molar-refractivity contribution >= 4 is 45.4 Å². The first kappa shape index (κ1) is 26.2. The zero-order chi connectivity index (χ0) is 28.1. The Morgan fingerprint density at radius 2 is 1.82 bits per heavy atom.